The minimum atomic E-state index is -0.101. The summed E-state index contributed by atoms with van der Waals surface area (Å²) in [5.41, 5.74) is 3.29. The molecule has 136 valence electrons. The van der Waals surface area contributed by atoms with E-state index in [2.05, 4.69) is 5.32 Å². The number of methoxy groups -OCH3 is 1. The van der Waals surface area contributed by atoms with Gasteiger partial charge in [-0.3, -0.25) is 9.59 Å². The summed E-state index contributed by atoms with van der Waals surface area (Å²) < 4.78 is 5.39. The number of hydrogen-bond donors (Lipinski definition) is 1. The van der Waals surface area contributed by atoms with E-state index >= 15 is 0 Å². The Morgan fingerprint density at radius 2 is 1.96 bits per heavy atom. The van der Waals surface area contributed by atoms with Gasteiger partial charge in [0.2, 0.25) is 5.91 Å². The van der Waals surface area contributed by atoms with Crippen molar-refractivity contribution in [2.45, 2.75) is 26.3 Å². The third-order valence-electron chi connectivity index (χ3n) is 4.52. The molecule has 2 amide bonds. The fourth-order valence-electron chi connectivity index (χ4n) is 2.90. The number of benzene rings is 2. The molecule has 0 radical (unpaired) electrons. The third kappa shape index (κ3) is 4.23. The van der Waals surface area contributed by atoms with Gasteiger partial charge in [0.25, 0.3) is 5.91 Å². The van der Waals surface area contributed by atoms with Crippen LogP contribution in [0.15, 0.2) is 42.5 Å². The lowest BCUT2D eigenvalue weighted by molar-refractivity contribution is -0.117. The maximum atomic E-state index is 12.8. The summed E-state index contributed by atoms with van der Waals surface area (Å²) in [5, 5.41) is 2.88. The van der Waals surface area contributed by atoms with Gasteiger partial charge in [0, 0.05) is 36.3 Å². The lowest BCUT2D eigenvalue weighted by Gasteiger charge is -2.20. The number of rotatable bonds is 6. The number of nitrogens with zero attached hydrogens (tertiary/aromatic N) is 1. The highest BCUT2D eigenvalue weighted by molar-refractivity contribution is 5.98. The van der Waals surface area contributed by atoms with Crippen molar-refractivity contribution < 1.29 is 14.3 Å². The zero-order chi connectivity index (χ0) is 18.7. The number of hydrogen-bond acceptors (Lipinski definition) is 3. The van der Waals surface area contributed by atoms with Crippen LogP contribution in [0.3, 0.4) is 0 Å². The predicted octanol–water partition coefficient (Wildman–Crippen LogP) is 3.62. The number of anilines is 1. The van der Waals surface area contributed by atoms with Gasteiger partial charge < -0.3 is 15.0 Å². The van der Waals surface area contributed by atoms with E-state index in [0.29, 0.717) is 17.8 Å². The third-order valence-corrected chi connectivity index (χ3v) is 4.52. The number of carbonyl (C=O) groups is 2. The molecule has 2 aromatic rings. The molecule has 1 aliphatic rings. The van der Waals surface area contributed by atoms with Crippen molar-refractivity contribution >= 4 is 17.5 Å². The molecule has 1 fully saturated rings. The normalized spacial score (nSPS) is 13.2. The molecule has 0 spiro atoms. The van der Waals surface area contributed by atoms with Gasteiger partial charge in [-0.2, -0.15) is 0 Å². The van der Waals surface area contributed by atoms with Crippen LogP contribution in [0.2, 0.25) is 0 Å². The maximum Gasteiger partial charge on any atom is 0.253 e. The van der Waals surface area contributed by atoms with Gasteiger partial charge >= 0.3 is 0 Å². The van der Waals surface area contributed by atoms with E-state index in [0.717, 1.165) is 29.7 Å². The quantitative estimate of drug-likeness (QED) is 0.864. The van der Waals surface area contributed by atoms with E-state index < -0.39 is 0 Å². The highest BCUT2D eigenvalue weighted by atomic mass is 16.5. The molecule has 0 bridgehead atoms. The van der Waals surface area contributed by atoms with E-state index in [-0.39, 0.29) is 17.7 Å². The smallest absolute Gasteiger partial charge is 0.253 e. The van der Waals surface area contributed by atoms with Crippen LogP contribution in [0.5, 0.6) is 5.75 Å². The molecule has 0 aliphatic heterocycles. The summed E-state index contributed by atoms with van der Waals surface area (Å²) in [7, 11) is 3.39. The Hall–Kier alpha value is -2.82. The second kappa shape index (κ2) is 7.60. The Kier molecular flexibility index (Phi) is 5.26. The second-order valence-corrected chi connectivity index (χ2v) is 6.82. The molecular formula is C21H24N2O3. The van der Waals surface area contributed by atoms with Gasteiger partial charge in [-0.1, -0.05) is 23.8 Å². The standard InChI is InChI=1S/C21H24N2O3/c1-14-7-10-19(26-3)17(11-14)13-23(2)21(25)16-5-4-6-18(12-16)22-20(24)15-8-9-15/h4-7,10-12,15H,8-9,13H2,1-3H3,(H,22,24). The Labute approximate surface area is 154 Å². The Morgan fingerprint density at radius 3 is 2.65 bits per heavy atom. The number of nitrogens with one attached hydrogen (secondary N) is 1. The van der Waals surface area contributed by atoms with Crippen molar-refractivity contribution in [3.63, 3.8) is 0 Å². The van der Waals surface area contributed by atoms with E-state index in [1.54, 1.807) is 43.3 Å². The van der Waals surface area contributed by atoms with E-state index in [1.165, 1.54) is 0 Å². The molecule has 1 N–H and O–H groups in total. The summed E-state index contributed by atoms with van der Waals surface area (Å²) in [6.07, 6.45) is 1.90. The van der Waals surface area contributed by atoms with Crippen molar-refractivity contribution in [3.8, 4) is 5.75 Å². The van der Waals surface area contributed by atoms with Gasteiger partial charge in [-0.05, 0) is 44.0 Å². The topological polar surface area (TPSA) is 58.6 Å². The average Bonchev–Trinajstić information content (AvgIpc) is 3.46. The minimum absolute atomic E-state index is 0.0347. The van der Waals surface area contributed by atoms with E-state index in [1.807, 2.05) is 25.1 Å². The molecule has 26 heavy (non-hydrogen) atoms. The van der Waals surface area contributed by atoms with Gasteiger partial charge in [0.1, 0.15) is 5.75 Å². The van der Waals surface area contributed by atoms with Crippen molar-refractivity contribution in [2.75, 3.05) is 19.5 Å². The summed E-state index contributed by atoms with van der Waals surface area (Å²) in [6, 6.07) is 13.0. The van der Waals surface area contributed by atoms with Gasteiger partial charge in [0.05, 0.1) is 7.11 Å². The van der Waals surface area contributed by atoms with Crippen LogP contribution in [0, 0.1) is 12.8 Å². The monoisotopic (exact) mass is 352 g/mol. The first kappa shape index (κ1) is 18.0. The van der Waals surface area contributed by atoms with Crippen LogP contribution < -0.4 is 10.1 Å². The number of ether oxygens (including phenoxy) is 1. The summed E-state index contributed by atoms with van der Waals surface area (Å²) >= 11 is 0. The minimum Gasteiger partial charge on any atom is -0.496 e. The summed E-state index contributed by atoms with van der Waals surface area (Å²) in [5.74, 6) is 0.829. The number of aryl methyl sites for hydroxylation is 1. The van der Waals surface area contributed by atoms with Crippen LogP contribution in [-0.4, -0.2) is 30.9 Å². The molecule has 0 saturated heterocycles. The molecule has 5 nitrogen and oxygen atoms in total. The van der Waals surface area contributed by atoms with Gasteiger partial charge in [-0.15, -0.1) is 0 Å². The second-order valence-electron chi connectivity index (χ2n) is 6.82. The molecule has 0 aromatic heterocycles. The summed E-state index contributed by atoms with van der Waals surface area (Å²) in [6.45, 7) is 2.46. The molecule has 0 heterocycles. The van der Waals surface area contributed by atoms with Crippen LogP contribution in [0.25, 0.3) is 0 Å². The molecule has 0 atom stereocenters. The van der Waals surface area contributed by atoms with Crippen molar-refractivity contribution in [1.82, 2.24) is 4.90 Å². The van der Waals surface area contributed by atoms with Crippen LogP contribution in [0.1, 0.15) is 34.3 Å². The molecule has 3 rings (SSSR count). The number of amides is 2. The van der Waals surface area contributed by atoms with E-state index in [9.17, 15) is 9.59 Å². The Balaban J connectivity index is 1.72. The van der Waals surface area contributed by atoms with Gasteiger partial charge in [-0.25, -0.2) is 0 Å². The fourth-order valence-corrected chi connectivity index (χ4v) is 2.90. The predicted molar refractivity (Wildman–Crippen MR) is 101 cm³/mol. The first-order chi connectivity index (χ1) is 12.5. The average molecular weight is 352 g/mol. The molecule has 2 aromatic carbocycles. The van der Waals surface area contributed by atoms with Crippen molar-refractivity contribution in [1.29, 1.82) is 0 Å². The van der Waals surface area contributed by atoms with Crippen LogP contribution in [0.4, 0.5) is 5.69 Å². The molecule has 1 aliphatic carbocycles. The number of carbonyl (C=O) groups excluding carboxylic acids is 2. The highest BCUT2D eigenvalue weighted by Crippen LogP contribution is 2.30. The first-order valence-corrected chi connectivity index (χ1v) is 8.78. The Bertz CT molecular complexity index is 828. The molecule has 1 saturated carbocycles. The zero-order valence-electron chi connectivity index (χ0n) is 15.4. The lowest BCUT2D eigenvalue weighted by atomic mass is 10.1. The van der Waals surface area contributed by atoms with E-state index in [4.69, 9.17) is 4.74 Å². The van der Waals surface area contributed by atoms with Crippen LogP contribution in [-0.2, 0) is 11.3 Å². The molecular weight excluding hydrogens is 328 g/mol. The highest BCUT2D eigenvalue weighted by Gasteiger charge is 2.29. The van der Waals surface area contributed by atoms with Crippen molar-refractivity contribution in [3.05, 3.63) is 59.2 Å². The Morgan fingerprint density at radius 1 is 1.19 bits per heavy atom. The maximum absolute atomic E-state index is 12.8. The van der Waals surface area contributed by atoms with Crippen molar-refractivity contribution in [2.24, 2.45) is 5.92 Å². The fraction of sp³-hybridized carbons (Fsp3) is 0.333. The zero-order valence-corrected chi connectivity index (χ0v) is 15.4. The SMILES string of the molecule is COc1ccc(C)cc1CN(C)C(=O)c1cccc(NC(=O)C2CC2)c1. The molecule has 5 heteroatoms. The van der Waals surface area contributed by atoms with Crippen LogP contribution >= 0.6 is 0 Å². The largest absolute Gasteiger partial charge is 0.496 e. The summed E-state index contributed by atoms with van der Waals surface area (Å²) in [4.78, 5) is 26.4. The van der Waals surface area contributed by atoms with Gasteiger partial charge in [0.15, 0.2) is 0 Å². The molecule has 0 unspecified atom stereocenters. The first-order valence-electron chi connectivity index (χ1n) is 8.78. The lowest BCUT2D eigenvalue weighted by Crippen LogP contribution is -2.26.